The largest absolute Gasteiger partial charge is 0.448 e. The smallest absolute Gasteiger partial charge is 0.287 e. The molecule has 0 radical (unpaired) electrons. The SMILES string of the molecule is Cc1csc(CCCCNC(=O)c2ccc(-c3nc4ccccc4s3)o2)n1. The summed E-state index contributed by atoms with van der Waals surface area (Å²) in [6.07, 6.45) is 2.87. The van der Waals surface area contributed by atoms with Crippen molar-refractivity contribution in [3.8, 4) is 10.8 Å². The van der Waals surface area contributed by atoms with Gasteiger partial charge in [-0.15, -0.1) is 22.7 Å². The Balaban J connectivity index is 1.29. The van der Waals surface area contributed by atoms with E-state index < -0.39 is 0 Å². The molecule has 0 saturated heterocycles. The van der Waals surface area contributed by atoms with Crippen molar-refractivity contribution >= 4 is 38.8 Å². The zero-order valence-corrected chi connectivity index (χ0v) is 16.5. The Morgan fingerprint density at radius 2 is 2.04 bits per heavy atom. The number of benzene rings is 1. The summed E-state index contributed by atoms with van der Waals surface area (Å²) in [6.45, 7) is 2.63. The van der Waals surface area contributed by atoms with Crippen molar-refractivity contribution in [1.29, 1.82) is 0 Å². The molecule has 138 valence electrons. The van der Waals surface area contributed by atoms with E-state index in [1.807, 2.05) is 31.2 Å². The number of nitrogens with zero attached hydrogens (tertiary/aromatic N) is 2. The van der Waals surface area contributed by atoms with Gasteiger partial charge in [-0.3, -0.25) is 4.79 Å². The molecule has 1 amide bonds. The summed E-state index contributed by atoms with van der Waals surface area (Å²) in [5.41, 5.74) is 2.01. The Hall–Kier alpha value is -2.51. The van der Waals surface area contributed by atoms with E-state index in [2.05, 4.69) is 20.7 Å². The third-order valence-corrected chi connectivity index (χ3v) is 6.18. The molecular weight excluding hydrogens is 378 g/mol. The molecule has 4 aromatic rings. The van der Waals surface area contributed by atoms with Gasteiger partial charge in [-0.25, -0.2) is 9.97 Å². The van der Waals surface area contributed by atoms with Crippen molar-refractivity contribution < 1.29 is 9.21 Å². The number of carbonyl (C=O) groups is 1. The molecule has 27 heavy (non-hydrogen) atoms. The minimum atomic E-state index is -0.188. The third-order valence-electron chi connectivity index (χ3n) is 4.10. The number of para-hydroxylation sites is 1. The normalized spacial score (nSPS) is 11.1. The first-order chi connectivity index (χ1) is 13.2. The van der Waals surface area contributed by atoms with E-state index >= 15 is 0 Å². The van der Waals surface area contributed by atoms with Crippen molar-refractivity contribution in [2.24, 2.45) is 0 Å². The van der Waals surface area contributed by atoms with Crippen LogP contribution in [0.4, 0.5) is 0 Å². The predicted octanol–water partition coefficient (Wildman–Crippen LogP) is 5.07. The second-order valence-electron chi connectivity index (χ2n) is 6.25. The molecule has 0 saturated carbocycles. The lowest BCUT2D eigenvalue weighted by atomic mass is 10.2. The van der Waals surface area contributed by atoms with Gasteiger partial charge >= 0.3 is 0 Å². The highest BCUT2D eigenvalue weighted by Crippen LogP contribution is 2.31. The number of furan rings is 1. The van der Waals surface area contributed by atoms with Crippen LogP contribution in [0.3, 0.4) is 0 Å². The summed E-state index contributed by atoms with van der Waals surface area (Å²) in [7, 11) is 0. The lowest BCUT2D eigenvalue weighted by molar-refractivity contribution is 0.0926. The zero-order chi connectivity index (χ0) is 18.6. The van der Waals surface area contributed by atoms with Crippen molar-refractivity contribution in [2.75, 3.05) is 6.54 Å². The van der Waals surface area contributed by atoms with Gasteiger partial charge in [-0.1, -0.05) is 12.1 Å². The van der Waals surface area contributed by atoms with Crippen LogP contribution >= 0.6 is 22.7 Å². The molecule has 0 atom stereocenters. The first-order valence-electron chi connectivity index (χ1n) is 8.84. The highest BCUT2D eigenvalue weighted by atomic mass is 32.1. The molecular formula is C20H19N3O2S2. The number of nitrogens with one attached hydrogen (secondary N) is 1. The monoisotopic (exact) mass is 397 g/mol. The number of carbonyl (C=O) groups excluding carboxylic acids is 1. The standard InChI is InChI=1S/C20H19N3O2S2/c1-13-12-26-18(22-13)8-4-5-11-21-19(24)15-9-10-16(25-15)20-23-14-6-2-3-7-17(14)27-20/h2-3,6-7,9-10,12H,4-5,8,11H2,1H3,(H,21,24). The van der Waals surface area contributed by atoms with Crippen LogP contribution < -0.4 is 5.32 Å². The maximum atomic E-state index is 12.3. The number of rotatable bonds is 7. The Kier molecular flexibility index (Phi) is 5.31. The lowest BCUT2D eigenvalue weighted by Crippen LogP contribution is -2.23. The van der Waals surface area contributed by atoms with Crippen molar-refractivity contribution in [3.05, 3.63) is 58.2 Å². The molecule has 0 aliphatic carbocycles. The predicted molar refractivity (Wildman–Crippen MR) is 109 cm³/mol. The average Bonchev–Trinajstić information content (AvgIpc) is 3.40. The number of aryl methyl sites for hydroxylation is 2. The molecule has 0 bridgehead atoms. The van der Waals surface area contributed by atoms with E-state index in [1.54, 1.807) is 34.8 Å². The number of amides is 1. The van der Waals surface area contributed by atoms with Crippen LogP contribution in [0.15, 0.2) is 46.2 Å². The van der Waals surface area contributed by atoms with Gasteiger partial charge in [-0.05, 0) is 50.5 Å². The van der Waals surface area contributed by atoms with Gasteiger partial charge < -0.3 is 9.73 Å². The van der Waals surface area contributed by atoms with Crippen molar-refractivity contribution in [2.45, 2.75) is 26.2 Å². The molecule has 3 aromatic heterocycles. The summed E-state index contributed by atoms with van der Waals surface area (Å²) >= 11 is 3.25. The summed E-state index contributed by atoms with van der Waals surface area (Å²) in [4.78, 5) is 21.3. The van der Waals surface area contributed by atoms with Crippen LogP contribution in [0.5, 0.6) is 0 Å². The molecule has 3 heterocycles. The number of hydrogen-bond donors (Lipinski definition) is 1. The zero-order valence-electron chi connectivity index (χ0n) is 14.9. The number of unbranched alkanes of at least 4 members (excludes halogenated alkanes) is 1. The molecule has 1 aromatic carbocycles. The van der Waals surface area contributed by atoms with Crippen molar-refractivity contribution in [3.63, 3.8) is 0 Å². The van der Waals surface area contributed by atoms with E-state index in [0.29, 0.717) is 18.1 Å². The minimum Gasteiger partial charge on any atom is -0.448 e. The van der Waals surface area contributed by atoms with E-state index in [4.69, 9.17) is 4.42 Å². The molecule has 1 N–H and O–H groups in total. The van der Waals surface area contributed by atoms with Crippen LogP contribution in [-0.2, 0) is 6.42 Å². The fraction of sp³-hybridized carbons (Fsp3) is 0.250. The van der Waals surface area contributed by atoms with Gasteiger partial charge in [0.2, 0.25) is 0 Å². The minimum absolute atomic E-state index is 0.188. The van der Waals surface area contributed by atoms with E-state index in [-0.39, 0.29) is 5.91 Å². The van der Waals surface area contributed by atoms with E-state index in [1.165, 1.54) is 0 Å². The Morgan fingerprint density at radius 1 is 1.15 bits per heavy atom. The van der Waals surface area contributed by atoms with Gasteiger partial charge in [-0.2, -0.15) is 0 Å². The number of hydrogen-bond acceptors (Lipinski definition) is 6. The van der Waals surface area contributed by atoms with Gasteiger partial charge in [0, 0.05) is 17.6 Å². The molecule has 4 rings (SSSR count). The Morgan fingerprint density at radius 3 is 2.85 bits per heavy atom. The van der Waals surface area contributed by atoms with Crippen LogP contribution in [0.2, 0.25) is 0 Å². The highest BCUT2D eigenvalue weighted by Gasteiger charge is 2.14. The molecule has 0 aliphatic heterocycles. The quantitative estimate of drug-likeness (QED) is 0.442. The number of fused-ring (bicyclic) bond motifs is 1. The van der Waals surface area contributed by atoms with Crippen LogP contribution in [-0.4, -0.2) is 22.4 Å². The topological polar surface area (TPSA) is 68.0 Å². The maximum absolute atomic E-state index is 12.3. The highest BCUT2D eigenvalue weighted by molar-refractivity contribution is 7.21. The average molecular weight is 398 g/mol. The lowest BCUT2D eigenvalue weighted by Gasteiger charge is -2.02. The summed E-state index contributed by atoms with van der Waals surface area (Å²) < 4.78 is 6.82. The Bertz CT molecular complexity index is 1030. The second kappa shape index (κ2) is 8.02. The maximum Gasteiger partial charge on any atom is 0.287 e. The molecule has 7 heteroatoms. The number of aromatic nitrogens is 2. The molecule has 0 aliphatic rings. The van der Waals surface area contributed by atoms with Gasteiger partial charge in [0.05, 0.1) is 15.2 Å². The third kappa shape index (κ3) is 4.26. The van der Waals surface area contributed by atoms with Crippen LogP contribution in [0.1, 0.15) is 34.1 Å². The fourth-order valence-electron chi connectivity index (χ4n) is 2.76. The van der Waals surface area contributed by atoms with Gasteiger partial charge in [0.15, 0.2) is 16.5 Å². The summed E-state index contributed by atoms with van der Waals surface area (Å²) in [5, 5.41) is 6.93. The summed E-state index contributed by atoms with van der Waals surface area (Å²) in [6, 6.07) is 11.5. The fourth-order valence-corrected chi connectivity index (χ4v) is 4.51. The van der Waals surface area contributed by atoms with E-state index in [9.17, 15) is 4.79 Å². The number of thiazole rings is 2. The van der Waals surface area contributed by atoms with Gasteiger partial charge in [0.25, 0.3) is 5.91 Å². The van der Waals surface area contributed by atoms with Crippen molar-refractivity contribution in [1.82, 2.24) is 15.3 Å². The molecule has 0 fully saturated rings. The molecule has 0 spiro atoms. The van der Waals surface area contributed by atoms with Crippen LogP contribution in [0, 0.1) is 6.92 Å². The second-order valence-corrected chi connectivity index (χ2v) is 8.22. The molecule has 0 unspecified atom stereocenters. The first kappa shape index (κ1) is 17.9. The van der Waals surface area contributed by atoms with E-state index in [0.717, 1.165) is 45.2 Å². The summed E-state index contributed by atoms with van der Waals surface area (Å²) in [5.74, 6) is 0.757. The van der Waals surface area contributed by atoms with Gasteiger partial charge in [0.1, 0.15) is 0 Å². The first-order valence-corrected chi connectivity index (χ1v) is 10.5. The molecule has 5 nitrogen and oxygen atoms in total. The Labute approximate surface area is 165 Å². The van der Waals surface area contributed by atoms with Crippen LogP contribution in [0.25, 0.3) is 21.0 Å².